The highest BCUT2D eigenvalue weighted by Crippen LogP contribution is 2.51. The van der Waals surface area contributed by atoms with Crippen molar-refractivity contribution >= 4 is 29.1 Å². The number of hydrogen-bond acceptors (Lipinski definition) is 6. The van der Waals surface area contributed by atoms with Crippen molar-refractivity contribution in [2.45, 2.75) is 45.2 Å². The molecule has 0 radical (unpaired) electrons. The van der Waals surface area contributed by atoms with E-state index < -0.39 is 23.3 Å². The number of esters is 1. The minimum atomic E-state index is -1.14. The molecule has 1 aromatic rings. The normalized spacial score (nSPS) is 31.5. The minimum absolute atomic E-state index is 0.189. The zero-order chi connectivity index (χ0) is 18.2. The Labute approximate surface area is 151 Å². The van der Waals surface area contributed by atoms with E-state index in [1.54, 1.807) is 13.8 Å². The number of carbonyl (C=O) groups excluding carboxylic acids is 3. The van der Waals surface area contributed by atoms with Gasteiger partial charge in [0.1, 0.15) is 5.54 Å². The van der Waals surface area contributed by atoms with Crippen molar-refractivity contribution < 1.29 is 19.1 Å². The Morgan fingerprint density at radius 3 is 2.64 bits per heavy atom. The van der Waals surface area contributed by atoms with Gasteiger partial charge in [-0.3, -0.25) is 24.6 Å². The van der Waals surface area contributed by atoms with E-state index in [0.29, 0.717) is 19.4 Å². The Hall–Kier alpha value is -1.73. The minimum Gasteiger partial charge on any atom is -0.465 e. The van der Waals surface area contributed by atoms with E-state index in [4.69, 9.17) is 4.74 Å². The fraction of sp³-hybridized carbons (Fsp3) is 0.611. The van der Waals surface area contributed by atoms with E-state index in [0.717, 1.165) is 4.88 Å². The van der Waals surface area contributed by atoms with Gasteiger partial charge in [-0.2, -0.15) is 0 Å². The quantitative estimate of drug-likeness (QED) is 0.618. The van der Waals surface area contributed by atoms with Gasteiger partial charge in [-0.1, -0.05) is 19.4 Å². The van der Waals surface area contributed by atoms with Gasteiger partial charge in [0.2, 0.25) is 11.8 Å². The molecule has 4 atom stereocenters. The number of nitrogens with one attached hydrogen (secondary N) is 1. The first-order valence-electron chi connectivity index (χ1n) is 8.85. The molecule has 0 saturated carbocycles. The Morgan fingerprint density at radius 2 is 2.08 bits per heavy atom. The number of fused-ring (bicyclic) bond motifs is 1. The molecule has 2 amide bonds. The smallest absolute Gasteiger partial charge is 0.327 e. The van der Waals surface area contributed by atoms with Crippen LogP contribution >= 0.6 is 11.3 Å². The maximum absolute atomic E-state index is 13.0. The highest BCUT2D eigenvalue weighted by Gasteiger charge is 2.68. The van der Waals surface area contributed by atoms with Crippen LogP contribution in [0.3, 0.4) is 0 Å². The summed E-state index contributed by atoms with van der Waals surface area (Å²) in [4.78, 5) is 41.1. The topological polar surface area (TPSA) is 75.7 Å². The van der Waals surface area contributed by atoms with Crippen LogP contribution in [0.15, 0.2) is 17.5 Å². The first-order valence-corrected chi connectivity index (χ1v) is 9.73. The Balaban J connectivity index is 2.11. The van der Waals surface area contributed by atoms with Crippen LogP contribution in [-0.4, -0.2) is 41.4 Å². The van der Waals surface area contributed by atoms with E-state index in [2.05, 4.69) is 5.32 Å². The highest BCUT2D eigenvalue weighted by atomic mass is 32.1. The molecule has 2 aliphatic rings. The van der Waals surface area contributed by atoms with Gasteiger partial charge < -0.3 is 4.74 Å². The zero-order valence-corrected chi connectivity index (χ0v) is 15.6. The third-order valence-electron chi connectivity index (χ3n) is 5.20. The summed E-state index contributed by atoms with van der Waals surface area (Å²) in [5.41, 5.74) is -1.14. The number of nitrogens with zero attached hydrogens (tertiary/aromatic N) is 1. The van der Waals surface area contributed by atoms with E-state index in [9.17, 15) is 14.4 Å². The molecule has 2 saturated heterocycles. The monoisotopic (exact) mass is 364 g/mol. The van der Waals surface area contributed by atoms with Crippen molar-refractivity contribution in [3.8, 4) is 0 Å². The molecular formula is C18H24N2O4S. The van der Waals surface area contributed by atoms with Gasteiger partial charge in [-0.25, -0.2) is 0 Å². The van der Waals surface area contributed by atoms with Crippen LogP contribution in [0.4, 0.5) is 0 Å². The molecule has 0 unspecified atom stereocenters. The lowest BCUT2D eigenvalue weighted by molar-refractivity contribution is -0.156. The van der Waals surface area contributed by atoms with Gasteiger partial charge in [0.25, 0.3) is 0 Å². The number of carbonyl (C=O) groups is 3. The molecule has 0 bridgehead atoms. The lowest BCUT2D eigenvalue weighted by Gasteiger charge is -2.32. The molecule has 0 spiro atoms. The standard InChI is InChI=1S/C18H24N2O4S/c1-4-9-18(17(23)24-6-3)13-12(15(21)20(5-2)16(13)22)14(19-18)11-8-7-10-25-11/h7-8,10,12-14,19H,4-6,9H2,1-3H3/t12-,13+,14-,18-/m0/s1. The summed E-state index contributed by atoms with van der Waals surface area (Å²) in [6, 6.07) is 3.52. The predicted molar refractivity (Wildman–Crippen MR) is 93.8 cm³/mol. The fourth-order valence-corrected chi connectivity index (χ4v) is 5.08. The number of likely N-dealkylation sites (tertiary alicyclic amines) is 1. The summed E-state index contributed by atoms with van der Waals surface area (Å²) in [5, 5.41) is 5.31. The van der Waals surface area contributed by atoms with Crippen molar-refractivity contribution in [3.05, 3.63) is 22.4 Å². The van der Waals surface area contributed by atoms with Crippen LogP contribution in [-0.2, 0) is 19.1 Å². The number of imide groups is 1. The molecule has 2 fully saturated rings. The van der Waals surface area contributed by atoms with Gasteiger partial charge in [0.05, 0.1) is 24.5 Å². The first kappa shape index (κ1) is 18.1. The van der Waals surface area contributed by atoms with E-state index in [1.807, 2.05) is 24.4 Å². The first-order chi connectivity index (χ1) is 12.0. The summed E-state index contributed by atoms with van der Waals surface area (Å²) in [5.74, 6) is -2.13. The summed E-state index contributed by atoms with van der Waals surface area (Å²) in [6.07, 6.45) is 1.17. The summed E-state index contributed by atoms with van der Waals surface area (Å²) < 4.78 is 5.33. The van der Waals surface area contributed by atoms with E-state index >= 15 is 0 Å². The molecule has 136 valence electrons. The zero-order valence-electron chi connectivity index (χ0n) is 14.8. The molecule has 1 N–H and O–H groups in total. The average Bonchev–Trinajstić information content (AvgIpc) is 3.26. The van der Waals surface area contributed by atoms with E-state index in [1.165, 1.54) is 16.2 Å². The molecule has 6 nitrogen and oxygen atoms in total. The van der Waals surface area contributed by atoms with Gasteiger partial charge in [0.15, 0.2) is 0 Å². The third-order valence-corrected chi connectivity index (χ3v) is 6.15. The summed E-state index contributed by atoms with van der Waals surface area (Å²) in [6.45, 7) is 6.07. The molecule has 3 rings (SSSR count). The molecule has 0 aliphatic carbocycles. The van der Waals surface area contributed by atoms with Crippen LogP contribution in [0.2, 0.25) is 0 Å². The van der Waals surface area contributed by atoms with Gasteiger partial charge in [-0.15, -0.1) is 11.3 Å². The predicted octanol–water partition coefficient (Wildman–Crippen LogP) is 2.12. The number of rotatable bonds is 6. The lowest BCUT2D eigenvalue weighted by Crippen LogP contribution is -2.56. The van der Waals surface area contributed by atoms with Gasteiger partial charge in [0, 0.05) is 11.4 Å². The SMILES string of the molecule is CCC[C@]1(C(=O)OCC)N[C@@H](c2cccs2)[C@H]2C(=O)N(CC)C(=O)[C@@H]21. The average molecular weight is 364 g/mol. The van der Waals surface area contributed by atoms with Gasteiger partial charge >= 0.3 is 5.97 Å². The van der Waals surface area contributed by atoms with Crippen molar-refractivity contribution in [2.75, 3.05) is 13.2 Å². The number of amides is 2. The van der Waals surface area contributed by atoms with Crippen molar-refractivity contribution in [2.24, 2.45) is 11.8 Å². The largest absolute Gasteiger partial charge is 0.465 e. The second kappa shape index (κ2) is 6.88. The molecule has 25 heavy (non-hydrogen) atoms. The van der Waals surface area contributed by atoms with Crippen LogP contribution < -0.4 is 5.32 Å². The Kier molecular flexibility index (Phi) is 4.97. The highest BCUT2D eigenvalue weighted by molar-refractivity contribution is 7.10. The van der Waals surface area contributed by atoms with Gasteiger partial charge in [-0.05, 0) is 31.7 Å². The molecule has 3 heterocycles. The second-order valence-corrected chi connectivity index (χ2v) is 7.48. The van der Waals surface area contributed by atoms with Crippen molar-refractivity contribution in [1.82, 2.24) is 10.2 Å². The number of hydrogen-bond donors (Lipinski definition) is 1. The molecule has 7 heteroatoms. The van der Waals surface area contributed by atoms with E-state index in [-0.39, 0.29) is 24.5 Å². The number of thiophene rings is 1. The molecular weight excluding hydrogens is 340 g/mol. The Morgan fingerprint density at radius 1 is 1.32 bits per heavy atom. The van der Waals surface area contributed by atoms with Crippen molar-refractivity contribution in [3.63, 3.8) is 0 Å². The molecule has 0 aromatic carbocycles. The fourth-order valence-electron chi connectivity index (χ4n) is 4.26. The molecule has 2 aliphatic heterocycles. The maximum atomic E-state index is 13.0. The second-order valence-electron chi connectivity index (χ2n) is 6.50. The summed E-state index contributed by atoms with van der Waals surface area (Å²) in [7, 11) is 0. The van der Waals surface area contributed by atoms with Crippen LogP contribution in [0, 0.1) is 11.8 Å². The maximum Gasteiger partial charge on any atom is 0.327 e. The third kappa shape index (κ3) is 2.60. The van der Waals surface area contributed by atoms with Crippen LogP contribution in [0.25, 0.3) is 0 Å². The molecule has 1 aromatic heterocycles. The van der Waals surface area contributed by atoms with Crippen LogP contribution in [0.5, 0.6) is 0 Å². The summed E-state index contributed by atoms with van der Waals surface area (Å²) >= 11 is 1.53. The van der Waals surface area contributed by atoms with Crippen molar-refractivity contribution in [1.29, 1.82) is 0 Å². The lowest BCUT2D eigenvalue weighted by atomic mass is 9.77. The van der Waals surface area contributed by atoms with Crippen LogP contribution in [0.1, 0.15) is 44.5 Å². The Bertz CT molecular complexity index is 675. The number of ether oxygens (including phenoxy) is 1.